The van der Waals surface area contributed by atoms with E-state index in [0.717, 1.165) is 6.92 Å². The van der Waals surface area contributed by atoms with Crippen LogP contribution in [-0.4, -0.2) is 18.4 Å². The van der Waals surface area contributed by atoms with E-state index in [-0.39, 0.29) is 0 Å². The van der Waals surface area contributed by atoms with Crippen molar-refractivity contribution in [2.45, 2.75) is 12.8 Å². The summed E-state index contributed by atoms with van der Waals surface area (Å²) >= 11 is 7.67. The molecule has 6 heteroatoms. The van der Waals surface area contributed by atoms with Crippen molar-refractivity contribution >= 4 is 40.1 Å². The molecule has 0 radical (unpaired) electrons. The molecule has 0 saturated carbocycles. The van der Waals surface area contributed by atoms with Gasteiger partial charge in [0.2, 0.25) is 0 Å². The number of benzene rings is 1. The first-order chi connectivity index (χ1) is 7.29. The van der Waals surface area contributed by atoms with Crippen LogP contribution in [0.2, 0.25) is 5.02 Å². The SMILES string of the molecule is CC(F)(F)CNC(=O)c1cc(Cl)ccc1I. The van der Waals surface area contributed by atoms with E-state index in [1.54, 1.807) is 12.1 Å². The third kappa shape index (κ3) is 4.21. The number of nitrogens with one attached hydrogen (secondary N) is 1. The fourth-order valence-corrected chi connectivity index (χ4v) is 1.75. The summed E-state index contributed by atoms with van der Waals surface area (Å²) in [6, 6.07) is 4.74. The molecule has 0 aromatic heterocycles. The minimum atomic E-state index is -2.92. The van der Waals surface area contributed by atoms with Crippen LogP contribution < -0.4 is 5.32 Å². The zero-order valence-electron chi connectivity index (χ0n) is 8.36. The summed E-state index contributed by atoms with van der Waals surface area (Å²) in [7, 11) is 0. The van der Waals surface area contributed by atoms with Crippen LogP contribution in [0.15, 0.2) is 18.2 Å². The monoisotopic (exact) mass is 359 g/mol. The third-order valence-corrected chi connectivity index (χ3v) is 2.91. The number of rotatable bonds is 3. The molecule has 0 heterocycles. The molecular formula is C10H9ClF2INO. The first-order valence-corrected chi connectivity index (χ1v) is 5.86. The second kappa shape index (κ2) is 5.27. The molecule has 0 aliphatic rings. The number of hydrogen-bond acceptors (Lipinski definition) is 1. The van der Waals surface area contributed by atoms with Crippen molar-refractivity contribution in [3.8, 4) is 0 Å². The highest BCUT2D eigenvalue weighted by Gasteiger charge is 2.22. The van der Waals surface area contributed by atoms with Gasteiger partial charge in [-0.15, -0.1) is 0 Å². The third-order valence-electron chi connectivity index (χ3n) is 1.73. The lowest BCUT2D eigenvalue weighted by Gasteiger charge is -2.12. The largest absolute Gasteiger partial charge is 0.346 e. The molecule has 1 N–H and O–H groups in total. The van der Waals surface area contributed by atoms with E-state index in [4.69, 9.17) is 11.6 Å². The molecule has 2 nitrogen and oxygen atoms in total. The van der Waals surface area contributed by atoms with Gasteiger partial charge in [0.05, 0.1) is 12.1 Å². The number of amides is 1. The lowest BCUT2D eigenvalue weighted by Crippen LogP contribution is -2.34. The highest BCUT2D eigenvalue weighted by atomic mass is 127. The molecule has 0 aliphatic heterocycles. The van der Waals surface area contributed by atoms with Crippen LogP contribution in [0.25, 0.3) is 0 Å². The Hall–Kier alpha value is -0.430. The number of hydrogen-bond donors (Lipinski definition) is 1. The second-order valence-electron chi connectivity index (χ2n) is 3.38. The van der Waals surface area contributed by atoms with E-state index in [1.165, 1.54) is 6.07 Å². The van der Waals surface area contributed by atoms with E-state index < -0.39 is 18.4 Å². The van der Waals surface area contributed by atoms with Gasteiger partial charge in [-0.25, -0.2) is 8.78 Å². The molecule has 0 atom stereocenters. The Kier molecular flexibility index (Phi) is 4.49. The Morgan fingerprint density at radius 2 is 2.19 bits per heavy atom. The van der Waals surface area contributed by atoms with Crippen LogP contribution in [-0.2, 0) is 0 Å². The summed E-state index contributed by atoms with van der Waals surface area (Å²) < 4.78 is 25.7. The number of carbonyl (C=O) groups is 1. The molecule has 1 aromatic rings. The molecule has 1 aromatic carbocycles. The van der Waals surface area contributed by atoms with Crippen LogP contribution in [0.3, 0.4) is 0 Å². The molecule has 1 amide bonds. The van der Waals surface area contributed by atoms with Gasteiger partial charge in [0.25, 0.3) is 11.8 Å². The first kappa shape index (κ1) is 13.6. The summed E-state index contributed by atoms with van der Waals surface area (Å²) in [5, 5.41) is 2.55. The van der Waals surface area contributed by atoms with Crippen LogP contribution in [0, 0.1) is 3.57 Å². The molecule has 0 aliphatic carbocycles. The molecule has 0 saturated heterocycles. The standard InChI is InChI=1S/C10H9ClF2INO/c1-10(12,13)5-15-9(16)7-4-6(11)2-3-8(7)14/h2-4H,5H2,1H3,(H,15,16). The van der Waals surface area contributed by atoms with E-state index in [2.05, 4.69) is 5.32 Å². The van der Waals surface area contributed by atoms with Crippen molar-refractivity contribution in [1.29, 1.82) is 0 Å². The van der Waals surface area contributed by atoms with Gasteiger partial charge in [-0.05, 0) is 40.8 Å². The topological polar surface area (TPSA) is 29.1 Å². The van der Waals surface area contributed by atoms with Gasteiger partial charge >= 0.3 is 0 Å². The van der Waals surface area contributed by atoms with Gasteiger partial charge < -0.3 is 5.32 Å². The predicted molar refractivity (Wildman–Crippen MR) is 67.1 cm³/mol. The molecule has 0 bridgehead atoms. The highest BCUT2D eigenvalue weighted by molar-refractivity contribution is 14.1. The summed E-state index contributed by atoms with van der Waals surface area (Å²) in [6.07, 6.45) is 0. The normalized spacial score (nSPS) is 11.3. The Balaban J connectivity index is 2.77. The number of halogens is 4. The van der Waals surface area contributed by atoms with Gasteiger partial charge in [-0.2, -0.15) is 0 Å². The van der Waals surface area contributed by atoms with Gasteiger partial charge in [-0.3, -0.25) is 4.79 Å². The molecule has 1 rings (SSSR count). The van der Waals surface area contributed by atoms with Crippen molar-refractivity contribution in [2.75, 3.05) is 6.54 Å². The van der Waals surface area contributed by atoms with E-state index >= 15 is 0 Å². The van der Waals surface area contributed by atoms with Crippen molar-refractivity contribution in [2.24, 2.45) is 0 Å². The molecule has 0 unspecified atom stereocenters. The summed E-state index contributed by atoms with van der Waals surface area (Å²) in [5.41, 5.74) is 0.303. The first-order valence-electron chi connectivity index (χ1n) is 4.41. The molecule has 16 heavy (non-hydrogen) atoms. The van der Waals surface area contributed by atoms with E-state index in [0.29, 0.717) is 14.2 Å². The zero-order chi connectivity index (χ0) is 12.3. The molecular weight excluding hydrogens is 350 g/mol. The van der Waals surface area contributed by atoms with Crippen LogP contribution in [0.4, 0.5) is 8.78 Å². The average Bonchev–Trinajstić information content (AvgIpc) is 2.17. The van der Waals surface area contributed by atoms with Crippen LogP contribution in [0.5, 0.6) is 0 Å². The maximum Gasteiger partial charge on any atom is 0.262 e. The summed E-state index contributed by atoms with van der Waals surface area (Å²) in [4.78, 5) is 11.6. The van der Waals surface area contributed by atoms with Crippen molar-refractivity contribution in [3.63, 3.8) is 0 Å². The predicted octanol–water partition coefficient (Wildman–Crippen LogP) is 3.33. The smallest absolute Gasteiger partial charge is 0.262 e. The van der Waals surface area contributed by atoms with Crippen LogP contribution in [0.1, 0.15) is 17.3 Å². The van der Waals surface area contributed by atoms with Gasteiger partial charge in [0.15, 0.2) is 0 Å². The van der Waals surface area contributed by atoms with Crippen molar-refractivity contribution in [1.82, 2.24) is 5.32 Å². The minimum Gasteiger partial charge on any atom is -0.346 e. The lowest BCUT2D eigenvalue weighted by molar-refractivity contribution is 0.0221. The minimum absolute atomic E-state index is 0.303. The lowest BCUT2D eigenvalue weighted by atomic mass is 10.2. The number of alkyl halides is 2. The quantitative estimate of drug-likeness (QED) is 0.824. The maximum atomic E-state index is 12.5. The Morgan fingerprint density at radius 3 is 2.75 bits per heavy atom. The number of carbonyl (C=O) groups excluding carboxylic acids is 1. The van der Waals surface area contributed by atoms with Crippen LogP contribution >= 0.6 is 34.2 Å². The van der Waals surface area contributed by atoms with Crippen molar-refractivity contribution < 1.29 is 13.6 Å². The Morgan fingerprint density at radius 1 is 1.56 bits per heavy atom. The molecule has 88 valence electrons. The zero-order valence-corrected chi connectivity index (χ0v) is 11.3. The second-order valence-corrected chi connectivity index (χ2v) is 4.98. The fourth-order valence-electron chi connectivity index (χ4n) is 1.00. The van der Waals surface area contributed by atoms with Gasteiger partial charge in [-0.1, -0.05) is 11.6 Å². The van der Waals surface area contributed by atoms with E-state index in [1.807, 2.05) is 22.6 Å². The molecule has 0 spiro atoms. The summed E-state index contributed by atoms with van der Waals surface area (Å²) in [5.74, 6) is -3.46. The highest BCUT2D eigenvalue weighted by Crippen LogP contribution is 2.18. The Bertz CT molecular complexity index is 406. The fraction of sp³-hybridized carbons (Fsp3) is 0.300. The van der Waals surface area contributed by atoms with Gasteiger partial charge in [0, 0.05) is 15.5 Å². The maximum absolute atomic E-state index is 12.5. The average molecular weight is 360 g/mol. The Labute approximate surface area is 110 Å². The van der Waals surface area contributed by atoms with Gasteiger partial charge in [0.1, 0.15) is 0 Å². The van der Waals surface area contributed by atoms with Crippen molar-refractivity contribution in [3.05, 3.63) is 32.4 Å². The molecule has 0 fully saturated rings. The summed E-state index contributed by atoms with van der Waals surface area (Å²) in [6.45, 7) is 0.0602. The van der Waals surface area contributed by atoms with E-state index in [9.17, 15) is 13.6 Å².